The Hall–Kier alpha value is -2.15. The molecule has 2 aliphatic heterocycles. The van der Waals surface area contributed by atoms with Crippen LogP contribution in [-0.4, -0.2) is 63.9 Å². The summed E-state index contributed by atoms with van der Waals surface area (Å²) in [6.07, 6.45) is 5.68. The number of anilines is 1. The molecule has 0 saturated carbocycles. The van der Waals surface area contributed by atoms with E-state index in [-0.39, 0.29) is 17.0 Å². The van der Waals surface area contributed by atoms with Gasteiger partial charge in [0, 0.05) is 44.8 Å². The van der Waals surface area contributed by atoms with Crippen LogP contribution in [0.25, 0.3) is 6.08 Å². The number of likely N-dealkylation sites (N-methyl/N-ethyl adjacent to an activating group) is 1. The molecule has 0 unspecified atom stereocenters. The largest absolute Gasteiger partial charge is 0.355 e. The number of nitriles is 1. The van der Waals surface area contributed by atoms with E-state index < -0.39 is 0 Å². The monoisotopic (exact) mass is 501 g/mol. The second-order valence-corrected chi connectivity index (χ2v) is 10.4. The molecular weight excluding hydrogens is 466 g/mol. The molecule has 1 aromatic heterocycles. The molecule has 0 spiro atoms. The molecule has 184 valence electrons. The number of carbonyl (C=O) groups excluding carboxylic acids is 1. The molecule has 0 atom stereocenters. The number of aromatic nitrogens is 1. The van der Waals surface area contributed by atoms with E-state index >= 15 is 0 Å². The van der Waals surface area contributed by atoms with Crippen LogP contribution in [0, 0.1) is 18.3 Å². The molecule has 7 nitrogen and oxygen atoms in total. The Labute approximate surface area is 212 Å². The molecule has 0 N–H and O–H groups in total. The molecule has 2 saturated heterocycles. The van der Waals surface area contributed by atoms with Crippen molar-refractivity contribution in [2.24, 2.45) is 0 Å². The number of rotatable bonds is 9. The summed E-state index contributed by atoms with van der Waals surface area (Å²) in [5, 5.41) is 9.80. The third-order valence-electron chi connectivity index (χ3n) is 6.55. The molecule has 3 heterocycles. The summed E-state index contributed by atoms with van der Waals surface area (Å²) in [5.74, 6) is 0.731. The van der Waals surface area contributed by atoms with Crippen LogP contribution in [0.1, 0.15) is 63.1 Å². The lowest BCUT2D eigenvalue weighted by atomic mass is 10.0. The number of hydrogen-bond acceptors (Lipinski definition) is 7. The fourth-order valence-electron chi connectivity index (χ4n) is 4.54. The average molecular weight is 502 g/mol. The fraction of sp³-hybridized carbons (Fsp3) is 0.600. The molecule has 2 fully saturated rings. The zero-order valence-electron chi connectivity index (χ0n) is 20.7. The number of thioether (sulfide) groups is 1. The molecule has 1 amide bonds. The summed E-state index contributed by atoms with van der Waals surface area (Å²) in [7, 11) is 0. The second kappa shape index (κ2) is 12.0. The maximum Gasteiger partial charge on any atom is 0.270 e. The van der Waals surface area contributed by atoms with Crippen LogP contribution in [0.2, 0.25) is 0 Å². The number of unbranched alkanes of at least 4 members (excludes halogenated alkanes) is 2. The molecule has 34 heavy (non-hydrogen) atoms. The number of pyridine rings is 1. The van der Waals surface area contributed by atoms with Gasteiger partial charge < -0.3 is 9.80 Å². The molecule has 0 aromatic carbocycles. The van der Waals surface area contributed by atoms with Crippen molar-refractivity contribution in [1.29, 1.82) is 5.26 Å². The van der Waals surface area contributed by atoms with Gasteiger partial charge >= 0.3 is 0 Å². The number of hydrogen-bond donors (Lipinski definition) is 0. The van der Waals surface area contributed by atoms with Gasteiger partial charge in [0.2, 0.25) is 0 Å². The highest BCUT2D eigenvalue weighted by Gasteiger charge is 2.33. The topological polar surface area (TPSA) is 72.6 Å². The predicted octanol–water partition coefficient (Wildman–Crippen LogP) is 3.97. The van der Waals surface area contributed by atoms with E-state index in [9.17, 15) is 14.9 Å². The summed E-state index contributed by atoms with van der Waals surface area (Å²) in [4.78, 5) is 33.4. The molecule has 0 radical (unpaired) electrons. The zero-order valence-corrected chi connectivity index (χ0v) is 22.4. The molecule has 0 aliphatic carbocycles. The Morgan fingerprint density at radius 2 is 1.76 bits per heavy atom. The standard InChI is InChI=1S/C25H35N5O2S2/c1-5-8-9-11-30-24(32)21(34-25(30)33)16-19-18(4)20(17-26)23(31)29(10-6-2)22(19)28-14-12-27(7-3)13-15-28/h16H,5-15H2,1-4H3/b21-16-. The summed E-state index contributed by atoms with van der Waals surface area (Å²) < 4.78 is 2.31. The first-order valence-corrected chi connectivity index (χ1v) is 13.5. The van der Waals surface area contributed by atoms with Crippen LogP contribution in [0.3, 0.4) is 0 Å². The van der Waals surface area contributed by atoms with Crippen molar-refractivity contribution < 1.29 is 4.79 Å². The minimum Gasteiger partial charge on any atom is -0.355 e. The molecule has 9 heteroatoms. The van der Waals surface area contributed by atoms with Gasteiger partial charge in [-0.2, -0.15) is 5.26 Å². The first-order chi connectivity index (χ1) is 16.4. The van der Waals surface area contributed by atoms with Crippen LogP contribution >= 0.6 is 24.0 Å². The summed E-state index contributed by atoms with van der Waals surface area (Å²) in [5.41, 5.74) is 1.31. The number of thiocarbonyl (C=S) groups is 1. The van der Waals surface area contributed by atoms with Crippen molar-refractivity contribution in [2.75, 3.05) is 44.2 Å². The third kappa shape index (κ3) is 5.40. The maximum atomic E-state index is 13.3. The van der Waals surface area contributed by atoms with Crippen LogP contribution in [-0.2, 0) is 11.3 Å². The third-order valence-corrected chi connectivity index (χ3v) is 7.92. The lowest BCUT2D eigenvalue weighted by molar-refractivity contribution is -0.122. The highest BCUT2D eigenvalue weighted by Crippen LogP contribution is 2.36. The highest BCUT2D eigenvalue weighted by atomic mass is 32.2. The SMILES string of the molecule is CCCCCN1C(=O)/C(=C/c2c(C)c(C#N)c(=O)n(CCC)c2N2CCN(CC)CC2)SC1=S. The first-order valence-electron chi connectivity index (χ1n) is 12.3. The van der Waals surface area contributed by atoms with E-state index in [0.29, 0.717) is 27.9 Å². The van der Waals surface area contributed by atoms with E-state index in [4.69, 9.17) is 12.2 Å². The second-order valence-electron chi connectivity index (χ2n) is 8.77. The zero-order chi connectivity index (χ0) is 24.8. The Bertz CT molecular complexity index is 1060. The Balaban J connectivity index is 2.11. The molecule has 3 rings (SSSR count). The fourth-order valence-corrected chi connectivity index (χ4v) is 5.83. The molecule has 2 aliphatic rings. The maximum absolute atomic E-state index is 13.3. The summed E-state index contributed by atoms with van der Waals surface area (Å²) in [6, 6.07) is 2.12. The van der Waals surface area contributed by atoms with Gasteiger partial charge in [0.15, 0.2) is 0 Å². The number of carbonyl (C=O) groups is 1. The molecular formula is C25H35N5O2S2. The van der Waals surface area contributed by atoms with E-state index in [1.807, 2.05) is 19.9 Å². The molecule has 0 bridgehead atoms. The number of amides is 1. The lowest BCUT2D eigenvalue weighted by Gasteiger charge is -2.37. The van der Waals surface area contributed by atoms with E-state index in [0.717, 1.165) is 69.8 Å². The quantitative estimate of drug-likeness (QED) is 0.288. The van der Waals surface area contributed by atoms with Gasteiger partial charge in [0.1, 0.15) is 21.8 Å². The minimum atomic E-state index is -0.251. The van der Waals surface area contributed by atoms with Crippen molar-refractivity contribution in [1.82, 2.24) is 14.4 Å². The van der Waals surface area contributed by atoms with Crippen molar-refractivity contribution in [3.63, 3.8) is 0 Å². The smallest absolute Gasteiger partial charge is 0.270 e. The van der Waals surface area contributed by atoms with E-state index in [2.05, 4.69) is 29.7 Å². The van der Waals surface area contributed by atoms with Gasteiger partial charge in [-0.25, -0.2) is 0 Å². The Morgan fingerprint density at radius 1 is 1.06 bits per heavy atom. The first kappa shape index (κ1) is 26.5. The van der Waals surface area contributed by atoms with E-state index in [1.165, 1.54) is 11.8 Å². The molecule has 1 aromatic rings. The van der Waals surface area contributed by atoms with Gasteiger partial charge in [0.05, 0.1) is 4.91 Å². The van der Waals surface area contributed by atoms with Crippen molar-refractivity contribution in [2.45, 2.75) is 59.9 Å². The minimum absolute atomic E-state index is 0.0843. The van der Waals surface area contributed by atoms with Crippen LogP contribution < -0.4 is 10.5 Å². The van der Waals surface area contributed by atoms with Crippen LogP contribution in [0.15, 0.2) is 9.70 Å². The van der Waals surface area contributed by atoms with Gasteiger partial charge in [0.25, 0.3) is 11.5 Å². The average Bonchev–Trinajstić information content (AvgIpc) is 3.10. The van der Waals surface area contributed by atoms with Gasteiger partial charge in [-0.15, -0.1) is 0 Å². The normalized spacial score (nSPS) is 18.3. The summed E-state index contributed by atoms with van der Waals surface area (Å²) in [6.45, 7) is 13.7. The van der Waals surface area contributed by atoms with Gasteiger partial charge in [-0.1, -0.05) is 57.6 Å². The van der Waals surface area contributed by atoms with Crippen molar-refractivity contribution in [3.8, 4) is 6.07 Å². The van der Waals surface area contributed by atoms with Gasteiger partial charge in [-0.05, 0) is 37.9 Å². The predicted molar refractivity (Wildman–Crippen MR) is 144 cm³/mol. The highest BCUT2D eigenvalue weighted by molar-refractivity contribution is 8.26. The number of piperazine rings is 1. The Kier molecular flexibility index (Phi) is 9.34. The van der Waals surface area contributed by atoms with Crippen molar-refractivity contribution in [3.05, 3.63) is 31.9 Å². The van der Waals surface area contributed by atoms with Crippen LogP contribution in [0.4, 0.5) is 5.82 Å². The van der Waals surface area contributed by atoms with Gasteiger partial charge in [-0.3, -0.25) is 19.1 Å². The van der Waals surface area contributed by atoms with E-state index in [1.54, 1.807) is 9.47 Å². The number of nitrogens with zero attached hydrogens (tertiary/aromatic N) is 5. The Morgan fingerprint density at radius 3 is 2.35 bits per heavy atom. The van der Waals surface area contributed by atoms with Crippen molar-refractivity contribution >= 4 is 46.1 Å². The van der Waals surface area contributed by atoms with Crippen LogP contribution in [0.5, 0.6) is 0 Å². The summed E-state index contributed by atoms with van der Waals surface area (Å²) >= 11 is 6.83. The lowest BCUT2D eigenvalue weighted by Crippen LogP contribution is -2.48.